The van der Waals surface area contributed by atoms with Crippen LogP contribution in [0, 0.1) is 6.92 Å². The molecular weight excluding hydrogens is 348 g/mol. The second kappa shape index (κ2) is 8.30. The first-order valence-corrected chi connectivity index (χ1v) is 9.56. The van der Waals surface area contributed by atoms with Crippen LogP contribution >= 0.6 is 0 Å². The number of anilines is 1. The van der Waals surface area contributed by atoms with Crippen molar-refractivity contribution >= 4 is 11.6 Å². The molecule has 0 saturated carbocycles. The predicted octanol–water partition coefficient (Wildman–Crippen LogP) is 4.22. The number of hydrogen-bond donors (Lipinski definition) is 0. The van der Waals surface area contributed by atoms with Gasteiger partial charge in [0.15, 0.2) is 0 Å². The molecule has 5 heteroatoms. The molecule has 0 radical (unpaired) electrons. The van der Waals surface area contributed by atoms with Crippen molar-refractivity contribution in [2.75, 3.05) is 26.0 Å². The van der Waals surface area contributed by atoms with Gasteiger partial charge in [-0.25, -0.2) is 0 Å². The summed E-state index contributed by atoms with van der Waals surface area (Å²) < 4.78 is 1.95. The second-order valence-corrected chi connectivity index (χ2v) is 7.22. The fourth-order valence-corrected chi connectivity index (χ4v) is 3.41. The van der Waals surface area contributed by atoms with Gasteiger partial charge in [0.2, 0.25) is 0 Å². The number of nitrogens with zero attached hydrogens (tertiary/aromatic N) is 4. The van der Waals surface area contributed by atoms with Crippen molar-refractivity contribution in [2.24, 2.45) is 0 Å². The smallest absolute Gasteiger partial charge is 0.253 e. The monoisotopic (exact) mass is 376 g/mol. The number of aryl methyl sites for hydroxylation is 1. The van der Waals surface area contributed by atoms with E-state index in [0.717, 1.165) is 34.6 Å². The molecule has 0 spiro atoms. The highest BCUT2D eigenvalue weighted by Crippen LogP contribution is 2.29. The molecule has 0 unspecified atom stereocenters. The molecule has 28 heavy (non-hydrogen) atoms. The van der Waals surface area contributed by atoms with Crippen molar-refractivity contribution in [1.82, 2.24) is 14.7 Å². The number of amides is 1. The Morgan fingerprint density at radius 3 is 2.32 bits per heavy atom. The topological polar surface area (TPSA) is 41.4 Å². The zero-order chi connectivity index (χ0) is 20.3. The van der Waals surface area contributed by atoms with E-state index >= 15 is 0 Å². The van der Waals surface area contributed by atoms with E-state index < -0.39 is 0 Å². The minimum atomic E-state index is 0.0103. The molecule has 1 aromatic heterocycles. The summed E-state index contributed by atoms with van der Waals surface area (Å²) in [6.07, 6.45) is 1.85. The summed E-state index contributed by atoms with van der Waals surface area (Å²) in [6.45, 7) is 5.49. The summed E-state index contributed by atoms with van der Waals surface area (Å²) in [5.74, 6) is 0.0103. The van der Waals surface area contributed by atoms with E-state index in [4.69, 9.17) is 0 Å². The molecule has 0 atom stereocenters. The van der Waals surface area contributed by atoms with Crippen molar-refractivity contribution in [3.8, 4) is 11.1 Å². The maximum Gasteiger partial charge on any atom is 0.253 e. The second-order valence-electron chi connectivity index (χ2n) is 7.22. The zero-order valence-electron chi connectivity index (χ0n) is 17.3. The predicted molar refractivity (Wildman–Crippen MR) is 115 cm³/mol. The summed E-state index contributed by atoms with van der Waals surface area (Å²) in [5.41, 5.74) is 6.29. The molecule has 0 aliphatic heterocycles. The summed E-state index contributed by atoms with van der Waals surface area (Å²) in [5, 5.41) is 4.36. The van der Waals surface area contributed by atoms with E-state index in [2.05, 4.69) is 29.1 Å². The minimum absolute atomic E-state index is 0.0103. The van der Waals surface area contributed by atoms with Gasteiger partial charge in [-0.2, -0.15) is 5.10 Å². The molecule has 1 amide bonds. The minimum Gasteiger partial charge on any atom is -0.377 e. The van der Waals surface area contributed by atoms with Gasteiger partial charge in [0.05, 0.1) is 6.20 Å². The fraction of sp³-hybridized carbons (Fsp3) is 0.304. The molecule has 0 aliphatic rings. The average Bonchev–Trinajstić information content (AvgIpc) is 3.06. The van der Waals surface area contributed by atoms with Crippen LogP contribution in [0.3, 0.4) is 0 Å². The van der Waals surface area contributed by atoms with Gasteiger partial charge in [-0.05, 0) is 37.6 Å². The summed E-state index contributed by atoms with van der Waals surface area (Å²) in [4.78, 5) is 16.7. The van der Waals surface area contributed by atoms with E-state index in [1.54, 1.807) is 4.90 Å². The molecule has 0 N–H and O–H groups in total. The molecular formula is C23H28N4O. The fourth-order valence-electron chi connectivity index (χ4n) is 3.41. The van der Waals surface area contributed by atoms with E-state index in [1.807, 2.05) is 75.3 Å². The Labute approximate surface area is 167 Å². The Morgan fingerprint density at radius 2 is 1.71 bits per heavy atom. The number of benzene rings is 2. The van der Waals surface area contributed by atoms with Gasteiger partial charge in [0.1, 0.15) is 0 Å². The number of aromatic nitrogens is 2. The lowest BCUT2D eigenvalue weighted by molar-refractivity contribution is 0.0785. The molecule has 3 aromatic rings. The number of carbonyl (C=O) groups is 1. The van der Waals surface area contributed by atoms with Crippen LogP contribution in [0.25, 0.3) is 11.1 Å². The molecule has 0 bridgehead atoms. The molecule has 0 aliphatic carbocycles. The highest BCUT2D eigenvalue weighted by molar-refractivity contribution is 5.94. The van der Waals surface area contributed by atoms with Crippen molar-refractivity contribution in [1.29, 1.82) is 0 Å². The Bertz CT molecular complexity index is 957. The SMILES string of the molecule is CCn1ncc(CN(C)C(=O)c2ccc(-c3ccccc3N(C)C)cc2)c1C. The third kappa shape index (κ3) is 3.93. The highest BCUT2D eigenvalue weighted by atomic mass is 16.2. The third-order valence-corrected chi connectivity index (χ3v) is 5.09. The van der Waals surface area contributed by atoms with Crippen LogP contribution < -0.4 is 4.90 Å². The largest absolute Gasteiger partial charge is 0.377 e. The van der Waals surface area contributed by atoms with Gasteiger partial charge >= 0.3 is 0 Å². The molecule has 3 rings (SSSR count). The summed E-state index contributed by atoms with van der Waals surface area (Å²) >= 11 is 0. The van der Waals surface area contributed by atoms with Gasteiger partial charge in [-0.1, -0.05) is 30.3 Å². The van der Waals surface area contributed by atoms with Gasteiger partial charge in [-0.3, -0.25) is 9.48 Å². The first-order valence-electron chi connectivity index (χ1n) is 9.56. The first kappa shape index (κ1) is 19.7. The van der Waals surface area contributed by atoms with E-state index in [1.165, 1.54) is 0 Å². The van der Waals surface area contributed by atoms with Gasteiger partial charge in [-0.15, -0.1) is 0 Å². The molecule has 0 saturated heterocycles. The molecule has 146 valence electrons. The van der Waals surface area contributed by atoms with Gasteiger partial charge in [0.25, 0.3) is 5.91 Å². The Balaban J connectivity index is 1.77. The zero-order valence-corrected chi connectivity index (χ0v) is 17.3. The number of carbonyl (C=O) groups excluding carboxylic acids is 1. The number of hydrogen-bond acceptors (Lipinski definition) is 3. The highest BCUT2D eigenvalue weighted by Gasteiger charge is 2.15. The van der Waals surface area contributed by atoms with Crippen LogP contribution in [0.5, 0.6) is 0 Å². The average molecular weight is 377 g/mol. The third-order valence-electron chi connectivity index (χ3n) is 5.09. The van der Waals surface area contributed by atoms with Crippen molar-refractivity contribution < 1.29 is 4.79 Å². The molecule has 2 aromatic carbocycles. The van der Waals surface area contributed by atoms with E-state index in [-0.39, 0.29) is 5.91 Å². The summed E-state index contributed by atoms with van der Waals surface area (Å²) in [6, 6.07) is 16.1. The summed E-state index contributed by atoms with van der Waals surface area (Å²) in [7, 11) is 5.91. The Morgan fingerprint density at radius 1 is 1.04 bits per heavy atom. The lowest BCUT2D eigenvalue weighted by atomic mass is 10.0. The van der Waals surface area contributed by atoms with E-state index in [9.17, 15) is 4.79 Å². The van der Waals surface area contributed by atoms with Crippen LogP contribution in [-0.4, -0.2) is 41.7 Å². The maximum atomic E-state index is 12.9. The Kier molecular flexibility index (Phi) is 5.83. The van der Waals surface area contributed by atoms with Crippen molar-refractivity contribution in [2.45, 2.75) is 26.9 Å². The van der Waals surface area contributed by atoms with Crippen molar-refractivity contribution in [3.63, 3.8) is 0 Å². The van der Waals surface area contributed by atoms with Gasteiger partial charge in [0, 0.05) is 62.3 Å². The lowest BCUT2D eigenvalue weighted by Gasteiger charge is -2.19. The quantitative estimate of drug-likeness (QED) is 0.647. The van der Waals surface area contributed by atoms with Crippen molar-refractivity contribution in [3.05, 3.63) is 71.5 Å². The van der Waals surface area contributed by atoms with E-state index in [0.29, 0.717) is 12.1 Å². The number of rotatable bonds is 6. The molecule has 0 fully saturated rings. The van der Waals surface area contributed by atoms with Crippen LogP contribution in [0.15, 0.2) is 54.7 Å². The normalized spacial score (nSPS) is 10.8. The molecule has 5 nitrogen and oxygen atoms in total. The Hall–Kier alpha value is -3.08. The first-order chi connectivity index (χ1) is 13.4. The van der Waals surface area contributed by atoms with Crippen LogP contribution in [0.1, 0.15) is 28.5 Å². The van der Waals surface area contributed by atoms with Crippen LogP contribution in [-0.2, 0) is 13.1 Å². The number of para-hydroxylation sites is 1. The van der Waals surface area contributed by atoms with Crippen LogP contribution in [0.4, 0.5) is 5.69 Å². The maximum absolute atomic E-state index is 12.9. The molecule has 1 heterocycles. The standard InChI is InChI=1S/C23H28N4O/c1-6-27-17(2)20(15-24-27)16-26(5)23(28)19-13-11-18(12-14-19)21-9-7-8-10-22(21)25(3)4/h7-15H,6,16H2,1-5H3. The van der Waals surface area contributed by atoms with Gasteiger partial charge < -0.3 is 9.80 Å². The van der Waals surface area contributed by atoms with Crippen LogP contribution in [0.2, 0.25) is 0 Å². The lowest BCUT2D eigenvalue weighted by Crippen LogP contribution is -2.26.